The van der Waals surface area contributed by atoms with Gasteiger partial charge >= 0.3 is 0 Å². The summed E-state index contributed by atoms with van der Waals surface area (Å²) in [6, 6.07) is 22.5. The first-order valence-electron chi connectivity index (χ1n) is 9.07. The van der Waals surface area contributed by atoms with Crippen LogP contribution in [0.4, 0.5) is 0 Å². The van der Waals surface area contributed by atoms with Gasteiger partial charge in [0.1, 0.15) is 0 Å². The van der Waals surface area contributed by atoms with E-state index in [4.69, 9.17) is 0 Å². The second kappa shape index (κ2) is 4.73. The Morgan fingerprint density at radius 2 is 1.36 bits per heavy atom. The van der Waals surface area contributed by atoms with Crippen molar-refractivity contribution in [3.05, 3.63) is 89.5 Å². The Balaban J connectivity index is 1.87. The van der Waals surface area contributed by atoms with Gasteiger partial charge in [0.25, 0.3) is 0 Å². The highest BCUT2D eigenvalue weighted by molar-refractivity contribution is 5.94. The fraction of sp³-hybridized carbons (Fsp3) is 0.200. The number of hydrogen-bond acceptors (Lipinski definition) is 0. The van der Waals surface area contributed by atoms with Crippen molar-refractivity contribution < 1.29 is 0 Å². The lowest BCUT2D eigenvalue weighted by Gasteiger charge is -2.30. The van der Waals surface area contributed by atoms with Crippen molar-refractivity contribution in [3.63, 3.8) is 0 Å². The molecule has 0 nitrogen and oxygen atoms in total. The van der Waals surface area contributed by atoms with Crippen LogP contribution in [0.25, 0.3) is 27.8 Å². The Hall–Kier alpha value is -2.60. The first kappa shape index (κ1) is 14.7. The summed E-state index contributed by atoms with van der Waals surface area (Å²) in [5, 5.41) is 0. The van der Waals surface area contributed by atoms with Crippen LogP contribution in [0.2, 0.25) is 0 Å². The molecule has 2 aliphatic carbocycles. The third-order valence-corrected chi connectivity index (χ3v) is 6.31. The van der Waals surface area contributed by atoms with E-state index in [1.807, 2.05) is 0 Å². The molecule has 0 fully saturated rings. The van der Waals surface area contributed by atoms with Crippen LogP contribution in [0.5, 0.6) is 0 Å². The van der Waals surface area contributed by atoms with Gasteiger partial charge in [0.2, 0.25) is 0 Å². The minimum atomic E-state index is 0.0545. The highest BCUT2D eigenvalue weighted by Crippen LogP contribution is 2.54. The minimum Gasteiger partial charge on any atom is -0.0946 e. The predicted octanol–water partition coefficient (Wildman–Crippen LogP) is 6.79. The summed E-state index contributed by atoms with van der Waals surface area (Å²) in [5.41, 5.74) is 12.4. The molecule has 0 spiro atoms. The van der Waals surface area contributed by atoms with Crippen LogP contribution < -0.4 is 0 Å². The van der Waals surface area contributed by atoms with E-state index >= 15 is 0 Å². The minimum absolute atomic E-state index is 0.0545. The van der Waals surface area contributed by atoms with E-state index < -0.39 is 0 Å². The van der Waals surface area contributed by atoms with E-state index in [9.17, 15) is 0 Å². The van der Waals surface area contributed by atoms with Gasteiger partial charge in [0.05, 0.1) is 0 Å². The Morgan fingerprint density at radius 3 is 2.12 bits per heavy atom. The molecule has 0 aliphatic heterocycles. The van der Waals surface area contributed by atoms with E-state index in [0.29, 0.717) is 5.92 Å². The molecular weight excluding hydrogens is 300 g/mol. The Morgan fingerprint density at radius 1 is 0.720 bits per heavy atom. The van der Waals surface area contributed by atoms with Crippen LogP contribution in [0.1, 0.15) is 48.9 Å². The van der Waals surface area contributed by atoms with E-state index in [2.05, 4.69) is 88.0 Å². The lowest BCUT2D eigenvalue weighted by Crippen LogP contribution is -2.16. The molecule has 0 amide bonds. The maximum Gasteiger partial charge on any atom is 0.0158 e. The van der Waals surface area contributed by atoms with Crippen molar-refractivity contribution in [1.82, 2.24) is 0 Å². The number of hydrogen-bond donors (Lipinski definition) is 0. The summed E-state index contributed by atoms with van der Waals surface area (Å²) in [6.45, 7) is 11.4. The molecular formula is C25H22. The summed E-state index contributed by atoms with van der Waals surface area (Å²) in [7, 11) is 0. The molecule has 0 N–H and O–H groups in total. The Bertz CT molecular complexity index is 1050. The monoisotopic (exact) mass is 322 g/mol. The summed E-state index contributed by atoms with van der Waals surface area (Å²) in [6.07, 6.45) is 0. The third kappa shape index (κ3) is 1.77. The molecule has 1 atom stereocenters. The second-order valence-electron chi connectivity index (χ2n) is 7.95. The maximum atomic E-state index is 4.40. The van der Waals surface area contributed by atoms with Crippen LogP contribution >= 0.6 is 0 Å². The fourth-order valence-corrected chi connectivity index (χ4v) is 4.77. The zero-order chi connectivity index (χ0) is 17.3. The first-order chi connectivity index (χ1) is 12.0. The predicted molar refractivity (Wildman–Crippen MR) is 107 cm³/mol. The summed E-state index contributed by atoms with van der Waals surface area (Å²) < 4.78 is 0. The molecule has 3 aromatic rings. The molecule has 0 radical (unpaired) electrons. The van der Waals surface area contributed by atoms with Gasteiger partial charge in [-0.2, -0.15) is 0 Å². The molecule has 1 unspecified atom stereocenters. The summed E-state index contributed by atoms with van der Waals surface area (Å²) >= 11 is 0. The third-order valence-electron chi connectivity index (χ3n) is 6.31. The highest BCUT2D eigenvalue weighted by atomic mass is 14.4. The van der Waals surface area contributed by atoms with Gasteiger partial charge in [0, 0.05) is 11.3 Å². The van der Waals surface area contributed by atoms with E-state index in [-0.39, 0.29) is 5.41 Å². The summed E-state index contributed by atoms with van der Waals surface area (Å²) in [5.74, 6) is 0.356. The lowest BCUT2D eigenvalue weighted by molar-refractivity contribution is 0.659. The smallest absolute Gasteiger partial charge is 0.0158 e. The quantitative estimate of drug-likeness (QED) is 0.427. The second-order valence-corrected chi connectivity index (χ2v) is 7.95. The molecule has 3 aromatic carbocycles. The molecule has 0 saturated carbocycles. The Labute approximate surface area is 149 Å². The average Bonchev–Trinajstić information content (AvgIpc) is 2.86. The normalized spacial score (nSPS) is 19.0. The van der Waals surface area contributed by atoms with Crippen LogP contribution in [0.3, 0.4) is 0 Å². The largest absolute Gasteiger partial charge is 0.0946 e. The molecule has 122 valence electrons. The Kier molecular flexibility index (Phi) is 2.78. The van der Waals surface area contributed by atoms with Crippen LogP contribution in [-0.4, -0.2) is 0 Å². The zero-order valence-electron chi connectivity index (χ0n) is 15.1. The fourth-order valence-electron chi connectivity index (χ4n) is 4.77. The van der Waals surface area contributed by atoms with Crippen molar-refractivity contribution >= 4 is 5.57 Å². The highest BCUT2D eigenvalue weighted by Gasteiger charge is 2.37. The van der Waals surface area contributed by atoms with Crippen molar-refractivity contribution in [2.24, 2.45) is 0 Å². The van der Waals surface area contributed by atoms with Crippen molar-refractivity contribution in [2.75, 3.05) is 0 Å². The topological polar surface area (TPSA) is 0 Å². The number of rotatable bonds is 0. The van der Waals surface area contributed by atoms with Crippen LogP contribution in [-0.2, 0) is 5.41 Å². The molecule has 5 rings (SSSR count). The SMILES string of the molecule is C=C1c2ccccc2-c2cc3c(cc2C1C)C(C)(C)c1ccccc1-3. The zero-order valence-corrected chi connectivity index (χ0v) is 15.1. The van der Waals surface area contributed by atoms with Gasteiger partial charge in [-0.25, -0.2) is 0 Å². The van der Waals surface area contributed by atoms with Crippen molar-refractivity contribution in [2.45, 2.75) is 32.1 Å². The summed E-state index contributed by atoms with van der Waals surface area (Å²) in [4.78, 5) is 0. The number of allylic oxidation sites excluding steroid dienone is 1. The van der Waals surface area contributed by atoms with Gasteiger partial charge in [0.15, 0.2) is 0 Å². The molecule has 0 heterocycles. The standard InChI is InChI=1S/C25H22/c1-15-16(2)20-14-24-22(13-21(20)18-10-6-5-9-17(15)18)19-11-7-8-12-23(19)25(24,3)4/h5-14,16H,1H2,2-4H3. The van der Waals surface area contributed by atoms with Crippen LogP contribution in [0, 0.1) is 0 Å². The van der Waals surface area contributed by atoms with Gasteiger partial charge in [-0.3, -0.25) is 0 Å². The molecule has 2 aliphatic rings. The maximum absolute atomic E-state index is 4.40. The molecule has 0 bridgehead atoms. The number of fused-ring (bicyclic) bond motifs is 6. The van der Waals surface area contributed by atoms with Crippen molar-refractivity contribution in [3.8, 4) is 22.3 Å². The van der Waals surface area contributed by atoms with E-state index in [1.54, 1.807) is 0 Å². The number of benzene rings is 3. The van der Waals surface area contributed by atoms with E-state index in [0.717, 1.165) is 0 Å². The lowest BCUT2D eigenvalue weighted by atomic mass is 9.73. The molecule has 0 saturated heterocycles. The van der Waals surface area contributed by atoms with Gasteiger partial charge in [-0.1, -0.05) is 81.9 Å². The average molecular weight is 322 g/mol. The van der Waals surface area contributed by atoms with Gasteiger partial charge in [-0.05, 0) is 56.1 Å². The van der Waals surface area contributed by atoms with E-state index in [1.165, 1.54) is 50.1 Å². The van der Waals surface area contributed by atoms with Crippen molar-refractivity contribution in [1.29, 1.82) is 0 Å². The van der Waals surface area contributed by atoms with Gasteiger partial charge < -0.3 is 0 Å². The van der Waals surface area contributed by atoms with Crippen LogP contribution in [0.15, 0.2) is 67.2 Å². The molecule has 25 heavy (non-hydrogen) atoms. The van der Waals surface area contributed by atoms with Gasteiger partial charge in [-0.15, -0.1) is 0 Å². The molecule has 0 heteroatoms. The first-order valence-corrected chi connectivity index (χ1v) is 9.07. The molecule has 0 aromatic heterocycles.